The molecule has 84 valence electrons. The molecule has 1 amide bonds. The number of hydrogen-bond donors (Lipinski definition) is 0. The van der Waals surface area contributed by atoms with E-state index in [0.717, 1.165) is 37.7 Å². The van der Waals surface area contributed by atoms with E-state index in [1.54, 1.807) is 0 Å². The lowest BCUT2D eigenvalue weighted by molar-refractivity contribution is -0.131. The van der Waals surface area contributed by atoms with E-state index in [4.69, 9.17) is 0 Å². The van der Waals surface area contributed by atoms with E-state index < -0.39 is 0 Å². The molecule has 0 radical (unpaired) electrons. The van der Waals surface area contributed by atoms with Crippen molar-refractivity contribution in [2.45, 2.75) is 46.0 Å². The maximum Gasteiger partial charge on any atom is 0.222 e. The van der Waals surface area contributed by atoms with Crippen molar-refractivity contribution in [3.05, 3.63) is 0 Å². The van der Waals surface area contributed by atoms with Gasteiger partial charge in [-0.2, -0.15) is 0 Å². The summed E-state index contributed by atoms with van der Waals surface area (Å²) in [6.45, 7) is 5.95. The summed E-state index contributed by atoms with van der Waals surface area (Å²) in [5.41, 5.74) is 0. The molecule has 0 rings (SSSR count). The third-order valence-corrected chi connectivity index (χ3v) is 2.85. The van der Waals surface area contributed by atoms with Crippen LogP contribution in [0.4, 0.5) is 0 Å². The minimum atomic E-state index is 0.321. The SMILES string of the molecule is CCCCCC(=O)N(CC)CCCBr. The summed E-state index contributed by atoms with van der Waals surface area (Å²) in [6.07, 6.45) is 5.17. The van der Waals surface area contributed by atoms with E-state index in [9.17, 15) is 4.79 Å². The highest BCUT2D eigenvalue weighted by molar-refractivity contribution is 9.09. The van der Waals surface area contributed by atoms with Crippen LogP contribution in [0.5, 0.6) is 0 Å². The molecule has 0 aliphatic rings. The van der Waals surface area contributed by atoms with Crippen LogP contribution < -0.4 is 0 Å². The van der Waals surface area contributed by atoms with Crippen LogP contribution in [-0.4, -0.2) is 29.2 Å². The second kappa shape index (κ2) is 9.50. The highest BCUT2D eigenvalue weighted by Crippen LogP contribution is 2.04. The van der Waals surface area contributed by atoms with Gasteiger partial charge in [-0.05, 0) is 19.8 Å². The van der Waals surface area contributed by atoms with Gasteiger partial charge in [0.05, 0.1) is 0 Å². The number of halogens is 1. The molecule has 0 unspecified atom stereocenters. The quantitative estimate of drug-likeness (QED) is 0.487. The molecule has 0 aliphatic heterocycles. The summed E-state index contributed by atoms with van der Waals surface area (Å²) < 4.78 is 0. The molecule has 0 spiro atoms. The Hall–Kier alpha value is -0.0500. The maximum atomic E-state index is 11.7. The Balaban J connectivity index is 3.67. The van der Waals surface area contributed by atoms with Gasteiger partial charge in [0.15, 0.2) is 0 Å². The molecule has 0 aromatic heterocycles. The van der Waals surface area contributed by atoms with Crippen molar-refractivity contribution in [3.8, 4) is 0 Å². The van der Waals surface area contributed by atoms with Gasteiger partial charge < -0.3 is 4.90 Å². The molecule has 0 aromatic rings. The molecular formula is C11H22BrNO. The molecule has 0 heterocycles. The third kappa shape index (κ3) is 6.41. The molecule has 3 heteroatoms. The first-order chi connectivity index (χ1) is 6.76. The minimum Gasteiger partial charge on any atom is -0.343 e. The van der Waals surface area contributed by atoms with E-state index in [1.807, 2.05) is 11.8 Å². The fourth-order valence-corrected chi connectivity index (χ4v) is 1.64. The first kappa shape index (κ1) is 13.9. The van der Waals surface area contributed by atoms with E-state index in [-0.39, 0.29) is 0 Å². The average Bonchev–Trinajstić information content (AvgIpc) is 2.19. The Bertz CT molecular complexity index is 150. The Morgan fingerprint density at radius 2 is 1.93 bits per heavy atom. The largest absolute Gasteiger partial charge is 0.343 e. The highest BCUT2D eigenvalue weighted by atomic mass is 79.9. The summed E-state index contributed by atoms with van der Waals surface area (Å²) in [5, 5.41) is 0.978. The Morgan fingerprint density at radius 3 is 2.43 bits per heavy atom. The number of hydrogen-bond acceptors (Lipinski definition) is 1. The van der Waals surface area contributed by atoms with Gasteiger partial charge >= 0.3 is 0 Å². The predicted octanol–water partition coefficient (Wildman–Crippen LogP) is 3.20. The first-order valence-electron chi connectivity index (χ1n) is 5.60. The number of unbranched alkanes of at least 4 members (excludes halogenated alkanes) is 2. The van der Waals surface area contributed by atoms with Crippen LogP contribution in [0, 0.1) is 0 Å². The molecule has 0 fully saturated rings. The van der Waals surface area contributed by atoms with Crippen LogP contribution in [0.15, 0.2) is 0 Å². The summed E-state index contributed by atoms with van der Waals surface area (Å²) in [7, 11) is 0. The summed E-state index contributed by atoms with van der Waals surface area (Å²) in [4.78, 5) is 13.6. The zero-order valence-corrected chi connectivity index (χ0v) is 11.0. The van der Waals surface area contributed by atoms with Crippen LogP contribution in [0.2, 0.25) is 0 Å². The summed E-state index contributed by atoms with van der Waals surface area (Å²) in [6, 6.07) is 0. The van der Waals surface area contributed by atoms with Gasteiger partial charge in [0.1, 0.15) is 0 Å². The van der Waals surface area contributed by atoms with Crippen molar-refractivity contribution in [2.75, 3.05) is 18.4 Å². The van der Waals surface area contributed by atoms with Gasteiger partial charge in [-0.15, -0.1) is 0 Å². The molecular weight excluding hydrogens is 242 g/mol. The van der Waals surface area contributed by atoms with Crippen LogP contribution in [0.3, 0.4) is 0 Å². The number of rotatable bonds is 8. The van der Waals surface area contributed by atoms with Crippen molar-refractivity contribution in [3.63, 3.8) is 0 Å². The van der Waals surface area contributed by atoms with Crippen molar-refractivity contribution in [1.29, 1.82) is 0 Å². The fourth-order valence-electron chi connectivity index (χ4n) is 1.39. The fraction of sp³-hybridized carbons (Fsp3) is 0.909. The Kier molecular flexibility index (Phi) is 9.47. The first-order valence-corrected chi connectivity index (χ1v) is 6.72. The van der Waals surface area contributed by atoms with Crippen LogP contribution in [0.25, 0.3) is 0 Å². The van der Waals surface area contributed by atoms with Gasteiger partial charge in [-0.3, -0.25) is 4.79 Å². The lowest BCUT2D eigenvalue weighted by Gasteiger charge is -2.20. The number of amides is 1. The van der Waals surface area contributed by atoms with Crippen LogP contribution in [0.1, 0.15) is 46.0 Å². The minimum absolute atomic E-state index is 0.321. The molecule has 0 atom stereocenters. The van der Waals surface area contributed by atoms with Crippen molar-refractivity contribution < 1.29 is 4.79 Å². The van der Waals surface area contributed by atoms with Crippen molar-refractivity contribution >= 4 is 21.8 Å². The number of alkyl halides is 1. The lowest BCUT2D eigenvalue weighted by atomic mass is 10.2. The maximum absolute atomic E-state index is 11.7. The molecule has 0 aliphatic carbocycles. The van der Waals surface area contributed by atoms with E-state index in [0.29, 0.717) is 5.91 Å². The van der Waals surface area contributed by atoms with Gasteiger partial charge in [-0.1, -0.05) is 35.7 Å². The average molecular weight is 264 g/mol. The predicted molar refractivity (Wildman–Crippen MR) is 64.8 cm³/mol. The number of nitrogens with zero attached hydrogens (tertiary/aromatic N) is 1. The third-order valence-electron chi connectivity index (χ3n) is 2.29. The van der Waals surface area contributed by atoms with Crippen LogP contribution in [-0.2, 0) is 4.79 Å². The van der Waals surface area contributed by atoms with Gasteiger partial charge in [0.25, 0.3) is 0 Å². The standard InChI is InChI=1S/C11H22BrNO/c1-3-5-6-8-11(14)13(4-2)10-7-9-12/h3-10H2,1-2H3. The summed E-state index contributed by atoms with van der Waals surface area (Å²) >= 11 is 3.38. The molecule has 0 N–H and O–H groups in total. The molecule has 0 saturated heterocycles. The molecule has 0 saturated carbocycles. The van der Waals surface area contributed by atoms with E-state index in [1.165, 1.54) is 12.8 Å². The Morgan fingerprint density at radius 1 is 1.21 bits per heavy atom. The van der Waals surface area contributed by atoms with Gasteiger partial charge in [-0.25, -0.2) is 0 Å². The zero-order valence-electron chi connectivity index (χ0n) is 9.39. The van der Waals surface area contributed by atoms with Crippen LogP contribution >= 0.6 is 15.9 Å². The van der Waals surface area contributed by atoms with E-state index >= 15 is 0 Å². The second-order valence-corrected chi connectivity index (χ2v) is 4.27. The monoisotopic (exact) mass is 263 g/mol. The summed E-state index contributed by atoms with van der Waals surface area (Å²) in [5.74, 6) is 0.321. The number of carbonyl (C=O) groups is 1. The second-order valence-electron chi connectivity index (χ2n) is 3.47. The Labute approximate surface area is 96.2 Å². The normalized spacial score (nSPS) is 10.2. The highest BCUT2D eigenvalue weighted by Gasteiger charge is 2.09. The molecule has 14 heavy (non-hydrogen) atoms. The van der Waals surface area contributed by atoms with E-state index in [2.05, 4.69) is 22.9 Å². The van der Waals surface area contributed by atoms with Crippen molar-refractivity contribution in [1.82, 2.24) is 4.90 Å². The lowest BCUT2D eigenvalue weighted by Crippen LogP contribution is -2.31. The van der Waals surface area contributed by atoms with Crippen molar-refractivity contribution in [2.24, 2.45) is 0 Å². The topological polar surface area (TPSA) is 20.3 Å². The number of carbonyl (C=O) groups excluding carboxylic acids is 1. The molecule has 0 aromatic carbocycles. The van der Waals surface area contributed by atoms with Gasteiger partial charge in [0.2, 0.25) is 5.91 Å². The molecule has 0 bridgehead atoms. The molecule has 2 nitrogen and oxygen atoms in total. The zero-order chi connectivity index (χ0) is 10.8. The smallest absolute Gasteiger partial charge is 0.222 e. The van der Waals surface area contributed by atoms with Gasteiger partial charge in [0, 0.05) is 24.8 Å².